The molecule has 0 atom stereocenters. The molecule has 0 aliphatic heterocycles. The van der Waals surface area contributed by atoms with Crippen LogP contribution in [0.5, 0.6) is 0 Å². The van der Waals surface area contributed by atoms with E-state index in [1.807, 2.05) is 35.3 Å². The molecule has 0 aliphatic rings. The highest BCUT2D eigenvalue weighted by atomic mass is 32.1. The van der Waals surface area contributed by atoms with Crippen molar-refractivity contribution in [3.63, 3.8) is 0 Å². The zero-order chi connectivity index (χ0) is 12.8. The lowest BCUT2D eigenvalue weighted by molar-refractivity contribution is 0.648. The number of aromatic nitrogens is 6. The number of thiophene rings is 1. The fraction of sp³-hybridized carbons (Fsp3) is 0.167. The van der Waals surface area contributed by atoms with Gasteiger partial charge in [-0.25, -0.2) is 14.5 Å². The summed E-state index contributed by atoms with van der Waals surface area (Å²) < 4.78 is 3.56. The summed E-state index contributed by atoms with van der Waals surface area (Å²) in [5, 5.41) is 11.8. The smallest absolute Gasteiger partial charge is 0.173 e. The Balaban J connectivity index is 1.82. The quantitative estimate of drug-likeness (QED) is 0.558. The van der Waals surface area contributed by atoms with Gasteiger partial charge in [-0.15, -0.1) is 16.4 Å². The summed E-state index contributed by atoms with van der Waals surface area (Å²) in [4.78, 5) is 9.91. The predicted molar refractivity (Wildman–Crippen MR) is 72.2 cm³/mol. The van der Waals surface area contributed by atoms with E-state index in [1.165, 1.54) is 0 Å². The second-order valence-electron chi connectivity index (χ2n) is 4.33. The molecule has 0 bridgehead atoms. The summed E-state index contributed by atoms with van der Waals surface area (Å²) in [5.41, 5.74) is 1.84. The van der Waals surface area contributed by atoms with Crippen molar-refractivity contribution < 1.29 is 0 Å². The number of nitrogens with zero attached hydrogens (tertiary/aromatic N) is 6. The van der Waals surface area contributed by atoms with E-state index >= 15 is 0 Å². The largest absolute Gasteiger partial charge is 0.265 e. The average Bonchev–Trinajstić information content (AvgIpc) is 3.07. The van der Waals surface area contributed by atoms with Crippen molar-refractivity contribution in [3.05, 3.63) is 41.6 Å². The normalized spacial score (nSPS) is 11.6. The van der Waals surface area contributed by atoms with Crippen molar-refractivity contribution in [1.82, 2.24) is 29.4 Å². The first-order valence-corrected chi connectivity index (χ1v) is 6.75. The molecule has 4 rings (SSSR count). The number of aryl methyl sites for hydroxylation is 1. The van der Waals surface area contributed by atoms with E-state index in [2.05, 4.69) is 20.2 Å². The van der Waals surface area contributed by atoms with Crippen LogP contribution in [0.2, 0.25) is 0 Å². The molecule has 0 N–H and O–H groups in total. The highest BCUT2D eigenvalue weighted by molar-refractivity contribution is 7.16. The van der Waals surface area contributed by atoms with Crippen LogP contribution in [0, 0.1) is 6.92 Å². The van der Waals surface area contributed by atoms with Crippen LogP contribution in [0.25, 0.3) is 15.9 Å². The van der Waals surface area contributed by atoms with E-state index < -0.39 is 0 Å². The van der Waals surface area contributed by atoms with Gasteiger partial charge >= 0.3 is 0 Å². The van der Waals surface area contributed by atoms with Crippen molar-refractivity contribution in [2.75, 3.05) is 0 Å². The summed E-state index contributed by atoms with van der Waals surface area (Å²) in [6, 6.07) is 3.99. The summed E-state index contributed by atoms with van der Waals surface area (Å²) in [5.74, 6) is 0.739. The molecule has 0 spiro atoms. The lowest BCUT2D eigenvalue weighted by Gasteiger charge is -1.94. The number of fused-ring (bicyclic) bond motifs is 3. The van der Waals surface area contributed by atoms with Gasteiger partial charge in [0.1, 0.15) is 17.7 Å². The monoisotopic (exact) mass is 270 g/mol. The molecule has 0 saturated carbocycles. The van der Waals surface area contributed by atoms with Gasteiger partial charge in [0.15, 0.2) is 11.5 Å². The second-order valence-corrected chi connectivity index (χ2v) is 5.23. The summed E-state index contributed by atoms with van der Waals surface area (Å²) in [6.07, 6.45) is 3.64. The molecule has 0 unspecified atom stereocenters. The molecular weight excluding hydrogens is 260 g/mol. The molecule has 0 amide bonds. The van der Waals surface area contributed by atoms with E-state index in [0.717, 1.165) is 27.4 Å². The summed E-state index contributed by atoms with van der Waals surface area (Å²) in [6.45, 7) is 2.54. The van der Waals surface area contributed by atoms with Gasteiger partial charge < -0.3 is 0 Å². The molecule has 4 aromatic rings. The fourth-order valence-corrected chi connectivity index (χ4v) is 2.80. The summed E-state index contributed by atoms with van der Waals surface area (Å²) in [7, 11) is 0. The lowest BCUT2D eigenvalue weighted by Crippen LogP contribution is -2.02. The number of hydrogen-bond donors (Lipinski definition) is 0. The van der Waals surface area contributed by atoms with Crippen LogP contribution >= 0.6 is 11.3 Å². The van der Waals surface area contributed by atoms with Crippen molar-refractivity contribution in [3.8, 4) is 0 Å². The maximum absolute atomic E-state index is 4.58. The Morgan fingerprint density at radius 1 is 1.26 bits per heavy atom. The van der Waals surface area contributed by atoms with Gasteiger partial charge in [0, 0.05) is 6.20 Å². The minimum atomic E-state index is 0.571. The Morgan fingerprint density at radius 2 is 2.21 bits per heavy atom. The molecule has 94 valence electrons. The Labute approximate surface area is 112 Å². The Bertz CT molecular complexity index is 871. The summed E-state index contributed by atoms with van der Waals surface area (Å²) >= 11 is 1.61. The molecule has 0 radical (unpaired) electrons. The van der Waals surface area contributed by atoms with Crippen LogP contribution in [-0.4, -0.2) is 29.4 Å². The molecule has 0 fully saturated rings. The zero-order valence-electron chi connectivity index (χ0n) is 10.2. The van der Waals surface area contributed by atoms with Gasteiger partial charge in [-0.3, -0.25) is 4.68 Å². The molecule has 0 saturated heterocycles. The van der Waals surface area contributed by atoms with Crippen molar-refractivity contribution in [1.29, 1.82) is 0 Å². The predicted octanol–water partition coefficient (Wildman–Crippen LogP) is 1.89. The zero-order valence-corrected chi connectivity index (χ0v) is 11.0. The Morgan fingerprint density at radius 3 is 3.05 bits per heavy atom. The molecule has 7 heteroatoms. The third-order valence-electron chi connectivity index (χ3n) is 2.92. The van der Waals surface area contributed by atoms with Crippen LogP contribution in [0.15, 0.2) is 30.0 Å². The van der Waals surface area contributed by atoms with Gasteiger partial charge in [0.25, 0.3) is 0 Å². The fourth-order valence-electron chi connectivity index (χ4n) is 2.07. The van der Waals surface area contributed by atoms with E-state index in [0.29, 0.717) is 6.54 Å². The van der Waals surface area contributed by atoms with Gasteiger partial charge in [0.2, 0.25) is 0 Å². The van der Waals surface area contributed by atoms with Gasteiger partial charge in [-0.05, 0) is 24.4 Å². The number of hydrogen-bond acceptors (Lipinski definition) is 5. The van der Waals surface area contributed by atoms with E-state index in [-0.39, 0.29) is 0 Å². The maximum atomic E-state index is 4.58. The third kappa shape index (κ3) is 1.70. The van der Waals surface area contributed by atoms with E-state index in [1.54, 1.807) is 22.2 Å². The Kier molecular flexibility index (Phi) is 2.16. The van der Waals surface area contributed by atoms with Crippen LogP contribution < -0.4 is 0 Å². The highest BCUT2D eigenvalue weighted by Crippen LogP contribution is 2.21. The van der Waals surface area contributed by atoms with E-state index in [9.17, 15) is 0 Å². The molecule has 6 nitrogen and oxygen atoms in total. The van der Waals surface area contributed by atoms with Gasteiger partial charge in [-0.1, -0.05) is 0 Å². The van der Waals surface area contributed by atoms with Crippen molar-refractivity contribution >= 4 is 27.2 Å². The van der Waals surface area contributed by atoms with Gasteiger partial charge in [-0.2, -0.15) is 5.10 Å². The average molecular weight is 270 g/mol. The van der Waals surface area contributed by atoms with Crippen LogP contribution in [0.4, 0.5) is 0 Å². The minimum absolute atomic E-state index is 0.571. The van der Waals surface area contributed by atoms with Crippen LogP contribution in [-0.2, 0) is 6.54 Å². The molecule has 4 heterocycles. The third-order valence-corrected chi connectivity index (χ3v) is 3.74. The first-order valence-electron chi connectivity index (χ1n) is 5.87. The first kappa shape index (κ1) is 10.6. The van der Waals surface area contributed by atoms with Gasteiger partial charge in [0.05, 0.1) is 11.1 Å². The minimum Gasteiger partial charge on any atom is -0.265 e. The molecule has 0 aliphatic carbocycles. The topological polar surface area (TPSA) is 60.9 Å². The first-order chi connectivity index (χ1) is 9.29. The van der Waals surface area contributed by atoms with Crippen molar-refractivity contribution in [2.45, 2.75) is 13.5 Å². The van der Waals surface area contributed by atoms with Crippen molar-refractivity contribution in [2.24, 2.45) is 0 Å². The molecule has 4 aromatic heterocycles. The van der Waals surface area contributed by atoms with Crippen LogP contribution in [0.3, 0.4) is 0 Å². The van der Waals surface area contributed by atoms with E-state index in [4.69, 9.17) is 0 Å². The Hall–Kier alpha value is -2.28. The molecular formula is C12H10N6S. The molecule has 19 heavy (non-hydrogen) atoms. The molecule has 0 aromatic carbocycles. The standard InChI is InChI=1S/C12H10N6S/c1-8-2-4-17(15-8)6-10-14-11-9-3-5-19-12(9)13-7-18(11)16-10/h2-5,7H,6H2,1H3. The maximum Gasteiger partial charge on any atom is 0.173 e. The SMILES string of the molecule is Cc1ccn(Cc2nc3c4ccsc4ncn3n2)n1. The lowest BCUT2D eigenvalue weighted by atomic mass is 10.4. The number of rotatable bonds is 2. The highest BCUT2D eigenvalue weighted by Gasteiger charge is 2.09. The second kappa shape index (κ2) is 3.86. The van der Waals surface area contributed by atoms with Crippen LogP contribution in [0.1, 0.15) is 11.5 Å².